The number of aromatic amines is 1. The van der Waals surface area contributed by atoms with Gasteiger partial charge in [0, 0.05) is 22.9 Å². The molecular weight excluding hydrogens is 401 g/mol. The van der Waals surface area contributed by atoms with Crippen LogP contribution in [0.25, 0.3) is 32.1 Å². The fourth-order valence-electron chi connectivity index (χ4n) is 4.17. The molecule has 0 amide bonds. The summed E-state index contributed by atoms with van der Waals surface area (Å²) in [5.41, 5.74) is 3.16. The van der Waals surface area contributed by atoms with Crippen molar-refractivity contribution in [3.63, 3.8) is 0 Å². The molecule has 5 nitrogen and oxygen atoms in total. The molecule has 0 aliphatic carbocycles. The van der Waals surface area contributed by atoms with Gasteiger partial charge in [-0.25, -0.2) is 4.39 Å². The van der Waals surface area contributed by atoms with Crippen molar-refractivity contribution in [1.82, 2.24) is 9.88 Å². The van der Waals surface area contributed by atoms with Gasteiger partial charge < -0.3 is 9.88 Å². The van der Waals surface area contributed by atoms with Gasteiger partial charge in [-0.15, -0.1) is 16.2 Å². The number of rotatable bonds is 5. The predicted octanol–water partition coefficient (Wildman–Crippen LogP) is 5.92. The molecule has 0 spiro atoms. The fraction of sp³-hybridized carbons (Fsp3) is 0.261. The molecule has 0 saturated heterocycles. The Morgan fingerprint density at radius 2 is 2.00 bits per heavy atom. The molecule has 0 fully saturated rings. The third-order valence-electron chi connectivity index (χ3n) is 5.44. The van der Waals surface area contributed by atoms with Gasteiger partial charge in [-0.1, -0.05) is 19.1 Å². The molecular formula is C23H22FN3O2S. The molecule has 1 N–H and O–H groups in total. The van der Waals surface area contributed by atoms with E-state index in [-0.39, 0.29) is 23.0 Å². The molecule has 2 aromatic heterocycles. The molecule has 1 unspecified atom stereocenters. The van der Waals surface area contributed by atoms with Crippen molar-refractivity contribution in [3.05, 3.63) is 67.9 Å². The van der Waals surface area contributed by atoms with Crippen molar-refractivity contribution in [2.45, 2.75) is 19.8 Å². The predicted molar refractivity (Wildman–Crippen MR) is 123 cm³/mol. The molecule has 4 aromatic rings. The van der Waals surface area contributed by atoms with E-state index in [1.54, 1.807) is 12.1 Å². The molecule has 0 aliphatic heterocycles. The van der Waals surface area contributed by atoms with Crippen LogP contribution in [0.2, 0.25) is 0 Å². The number of thiophene rings is 1. The maximum absolute atomic E-state index is 15.1. The Balaban J connectivity index is 2.02. The molecule has 7 heteroatoms. The number of pyridine rings is 1. The fourth-order valence-corrected chi connectivity index (χ4v) is 4.97. The van der Waals surface area contributed by atoms with E-state index < -0.39 is 0 Å². The van der Waals surface area contributed by atoms with E-state index in [0.29, 0.717) is 32.3 Å². The number of hydrogen-bond donors (Lipinski definition) is 1. The van der Waals surface area contributed by atoms with Gasteiger partial charge in [0.15, 0.2) is 0 Å². The van der Waals surface area contributed by atoms with Crippen LogP contribution in [0.1, 0.15) is 24.0 Å². The molecule has 30 heavy (non-hydrogen) atoms. The highest BCUT2D eigenvalue weighted by Crippen LogP contribution is 2.42. The molecule has 0 bridgehead atoms. The Kier molecular flexibility index (Phi) is 5.26. The van der Waals surface area contributed by atoms with Crippen molar-refractivity contribution in [1.29, 1.82) is 0 Å². The van der Waals surface area contributed by atoms with E-state index >= 15 is 4.39 Å². The lowest BCUT2D eigenvalue weighted by atomic mass is 9.92. The number of nitroso groups, excluding NO2 is 1. The Morgan fingerprint density at radius 1 is 1.23 bits per heavy atom. The topological polar surface area (TPSA) is 65.5 Å². The molecule has 1 atom stereocenters. The number of aromatic nitrogens is 1. The van der Waals surface area contributed by atoms with Gasteiger partial charge in [0.1, 0.15) is 16.2 Å². The van der Waals surface area contributed by atoms with Crippen LogP contribution in [0.3, 0.4) is 0 Å². The summed E-state index contributed by atoms with van der Waals surface area (Å²) in [6.45, 7) is 4.53. The van der Waals surface area contributed by atoms with E-state index in [0.717, 1.165) is 17.5 Å². The second-order valence-electron chi connectivity index (χ2n) is 7.95. The van der Waals surface area contributed by atoms with Gasteiger partial charge in [-0.3, -0.25) is 4.79 Å². The minimum Gasteiger partial charge on any atom is -0.320 e. The highest BCUT2D eigenvalue weighted by atomic mass is 32.1. The normalized spacial score (nSPS) is 12.7. The molecule has 0 radical (unpaired) electrons. The van der Waals surface area contributed by atoms with Crippen LogP contribution >= 0.6 is 11.3 Å². The standard InChI is InChI=1S/C23H22FN3O2S/c1-12-9-18(26-29)19(20-16-7-8-30-22(16)23(28)25-21(12)20)14-5-6-15(17(24)10-14)13(2)11-27(3)4/h5-10,13H,11H2,1-4H3,(H,25,28). The van der Waals surface area contributed by atoms with Crippen LogP contribution in [0.4, 0.5) is 10.1 Å². The van der Waals surface area contributed by atoms with Crippen LogP contribution < -0.4 is 5.56 Å². The highest BCUT2D eigenvalue weighted by Gasteiger charge is 2.20. The van der Waals surface area contributed by atoms with Crippen LogP contribution in [0.5, 0.6) is 0 Å². The Labute approximate surface area is 177 Å². The average Bonchev–Trinajstić information content (AvgIpc) is 3.18. The minimum absolute atomic E-state index is 0.0208. The summed E-state index contributed by atoms with van der Waals surface area (Å²) in [5.74, 6) is -0.300. The first-order chi connectivity index (χ1) is 14.3. The van der Waals surface area contributed by atoms with Gasteiger partial charge in [0.2, 0.25) is 0 Å². The van der Waals surface area contributed by atoms with E-state index in [1.807, 2.05) is 50.4 Å². The van der Waals surface area contributed by atoms with Crippen molar-refractivity contribution in [2.75, 3.05) is 20.6 Å². The highest BCUT2D eigenvalue weighted by molar-refractivity contribution is 7.17. The van der Waals surface area contributed by atoms with Crippen LogP contribution in [-0.2, 0) is 0 Å². The van der Waals surface area contributed by atoms with Crippen molar-refractivity contribution < 1.29 is 4.39 Å². The summed E-state index contributed by atoms with van der Waals surface area (Å²) in [7, 11) is 3.91. The smallest absolute Gasteiger partial charge is 0.266 e. The van der Waals surface area contributed by atoms with Crippen molar-refractivity contribution >= 4 is 38.0 Å². The monoisotopic (exact) mass is 423 g/mol. The number of hydrogen-bond acceptors (Lipinski definition) is 5. The number of benzene rings is 2. The molecule has 154 valence electrons. The number of aryl methyl sites for hydroxylation is 1. The molecule has 2 aromatic carbocycles. The van der Waals surface area contributed by atoms with E-state index in [4.69, 9.17) is 0 Å². The molecule has 0 aliphatic rings. The summed E-state index contributed by atoms with van der Waals surface area (Å²) >= 11 is 1.34. The first-order valence-corrected chi connectivity index (χ1v) is 10.5. The number of halogens is 1. The third kappa shape index (κ3) is 3.34. The number of H-pyrrole nitrogens is 1. The summed E-state index contributed by atoms with van der Waals surface area (Å²) < 4.78 is 15.7. The van der Waals surface area contributed by atoms with Gasteiger partial charge in [-0.2, -0.15) is 0 Å². The summed E-state index contributed by atoms with van der Waals surface area (Å²) in [6.07, 6.45) is 0. The first kappa shape index (κ1) is 20.4. The lowest BCUT2D eigenvalue weighted by Crippen LogP contribution is -2.19. The quantitative estimate of drug-likeness (QED) is 0.405. The summed E-state index contributed by atoms with van der Waals surface area (Å²) in [6, 6.07) is 8.56. The second-order valence-corrected chi connectivity index (χ2v) is 8.86. The Bertz CT molecular complexity index is 1340. The first-order valence-electron chi connectivity index (χ1n) is 9.66. The minimum atomic E-state index is -0.321. The Hall–Kier alpha value is -2.90. The van der Waals surface area contributed by atoms with E-state index in [9.17, 15) is 9.70 Å². The zero-order chi connectivity index (χ0) is 21.6. The second kappa shape index (κ2) is 7.74. The maximum atomic E-state index is 15.1. The van der Waals surface area contributed by atoms with Crippen molar-refractivity contribution in [3.8, 4) is 11.1 Å². The molecule has 4 rings (SSSR count). The number of fused-ring (bicyclic) bond motifs is 3. The zero-order valence-electron chi connectivity index (χ0n) is 17.2. The van der Waals surface area contributed by atoms with Gasteiger partial charge in [-0.05, 0) is 72.4 Å². The molecule has 2 heterocycles. The molecule has 0 saturated carbocycles. The van der Waals surface area contributed by atoms with Crippen LogP contribution in [-0.4, -0.2) is 30.5 Å². The van der Waals surface area contributed by atoms with Gasteiger partial charge >= 0.3 is 0 Å². The van der Waals surface area contributed by atoms with Crippen LogP contribution in [0.15, 0.2) is 45.7 Å². The zero-order valence-corrected chi connectivity index (χ0v) is 18.1. The largest absolute Gasteiger partial charge is 0.320 e. The summed E-state index contributed by atoms with van der Waals surface area (Å²) in [5, 5.41) is 6.53. The van der Waals surface area contributed by atoms with E-state index in [1.165, 1.54) is 17.4 Å². The SMILES string of the molecule is Cc1cc(N=O)c(-c2ccc(C(C)CN(C)C)c(F)c2)c2c1[nH]c(=O)c1sccc12. The Morgan fingerprint density at radius 3 is 2.67 bits per heavy atom. The van der Waals surface area contributed by atoms with Crippen LogP contribution in [0, 0.1) is 17.6 Å². The number of nitrogens with zero attached hydrogens (tertiary/aromatic N) is 2. The number of nitrogens with one attached hydrogen (secondary N) is 1. The summed E-state index contributed by atoms with van der Waals surface area (Å²) in [4.78, 5) is 29.1. The average molecular weight is 424 g/mol. The third-order valence-corrected chi connectivity index (χ3v) is 6.35. The van der Waals surface area contributed by atoms with Gasteiger partial charge in [0.05, 0.1) is 5.52 Å². The lowest BCUT2D eigenvalue weighted by molar-refractivity contribution is 0.378. The lowest BCUT2D eigenvalue weighted by Gasteiger charge is -2.19. The van der Waals surface area contributed by atoms with E-state index in [2.05, 4.69) is 10.2 Å². The van der Waals surface area contributed by atoms with Gasteiger partial charge in [0.25, 0.3) is 5.56 Å². The number of likely N-dealkylation sites (N-methyl/N-ethyl adjacent to an activating group) is 1. The van der Waals surface area contributed by atoms with Crippen molar-refractivity contribution in [2.24, 2.45) is 5.18 Å². The maximum Gasteiger partial charge on any atom is 0.266 e.